The number of benzene rings is 2. The summed E-state index contributed by atoms with van der Waals surface area (Å²) in [7, 11) is 0. The third-order valence-electron chi connectivity index (χ3n) is 5.35. The van der Waals surface area contributed by atoms with E-state index in [4.69, 9.17) is 4.74 Å². The second-order valence-electron chi connectivity index (χ2n) is 7.14. The van der Waals surface area contributed by atoms with Gasteiger partial charge in [-0.1, -0.05) is 42.5 Å². The number of carbonyl (C=O) groups is 2. The van der Waals surface area contributed by atoms with Gasteiger partial charge < -0.3 is 10.1 Å². The molecule has 3 aromatic rings. The second kappa shape index (κ2) is 8.62. The fourth-order valence-electron chi connectivity index (χ4n) is 3.91. The molecule has 1 unspecified atom stereocenters. The zero-order chi connectivity index (χ0) is 20.2. The van der Waals surface area contributed by atoms with E-state index in [0.29, 0.717) is 22.7 Å². The lowest BCUT2D eigenvalue weighted by atomic mass is 9.80. The van der Waals surface area contributed by atoms with Gasteiger partial charge in [-0.3, -0.25) is 4.79 Å². The molecule has 4 rings (SSSR count). The Labute approximate surface area is 174 Å². The fraction of sp³-hybridized carbons (Fsp3) is 0.250. The summed E-state index contributed by atoms with van der Waals surface area (Å²) in [5.74, 6) is -0.354. The summed E-state index contributed by atoms with van der Waals surface area (Å²) in [5, 5.41) is 5.49. The van der Waals surface area contributed by atoms with E-state index < -0.39 is 0 Å². The number of thiophene rings is 1. The van der Waals surface area contributed by atoms with Crippen molar-refractivity contribution < 1.29 is 14.3 Å². The minimum atomic E-state index is -0.369. The normalized spacial score (nSPS) is 15.4. The Kier molecular flexibility index (Phi) is 5.76. The molecular formula is C24H23NO3S. The van der Waals surface area contributed by atoms with E-state index in [-0.39, 0.29) is 17.8 Å². The number of rotatable bonds is 5. The van der Waals surface area contributed by atoms with Crippen LogP contribution < -0.4 is 5.32 Å². The number of nitrogens with one attached hydrogen (secondary N) is 1. The number of hydrogen-bond donors (Lipinski definition) is 1. The maximum atomic E-state index is 12.8. The number of hydrogen-bond acceptors (Lipinski definition) is 4. The first-order valence-electron chi connectivity index (χ1n) is 9.89. The smallest absolute Gasteiger partial charge is 0.341 e. The molecule has 0 saturated carbocycles. The summed E-state index contributed by atoms with van der Waals surface area (Å²) in [6.45, 7) is 2.09. The Morgan fingerprint density at radius 2 is 1.79 bits per heavy atom. The van der Waals surface area contributed by atoms with Crippen LogP contribution in [0.3, 0.4) is 0 Å². The molecule has 1 aromatic heterocycles. The van der Waals surface area contributed by atoms with E-state index in [1.165, 1.54) is 22.5 Å². The Morgan fingerprint density at radius 1 is 1.07 bits per heavy atom. The summed E-state index contributed by atoms with van der Waals surface area (Å²) in [5.41, 5.74) is 4.76. The van der Waals surface area contributed by atoms with Gasteiger partial charge >= 0.3 is 5.97 Å². The van der Waals surface area contributed by atoms with Crippen LogP contribution in [-0.4, -0.2) is 18.5 Å². The first-order valence-corrected chi connectivity index (χ1v) is 10.8. The third kappa shape index (κ3) is 4.10. The molecule has 0 fully saturated rings. The number of aryl methyl sites for hydroxylation is 1. The minimum absolute atomic E-state index is 0.224. The van der Waals surface area contributed by atoms with Crippen molar-refractivity contribution >= 4 is 28.2 Å². The van der Waals surface area contributed by atoms with Gasteiger partial charge in [0.05, 0.1) is 12.2 Å². The average molecular weight is 406 g/mol. The number of carbonyl (C=O) groups excluding carboxylic acids is 2. The largest absolute Gasteiger partial charge is 0.462 e. The van der Waals surface area contributed by atoms with Gasteiger partial charge in [-0.25, -0.2) is 4.79 Å². The lowest BCUT2D eigenvalue weighted by molar-refractivity contribution is 0.0526. The molecule has 4 nitrogen and oxygen atoms in total. The quantitative estimate of drug-likeness (QED) is 0.574. The number of amides is 1. The van der Waals surface area contributed by atoms with Crippen LogP contribution in [0, 0.1) is 0 Å². The van der Waals surface area contributed by atoms with Crippen molar-refractivity contribution in [2.45, 2.75) is 32.1 Å². The number of fused-ring (bicyclic) bond motifs is 1. The fourth-order valence-corrected chi connectivity index (χ4v) is 4.93. The van der Waals surface area contributed by atoms with Crippen molar-refractivity contribution in [1.29, 1.82) is 0 Å². The van der Waals surface area contributed by atoms with Crippen molar-refractivity contribution in [1.82, 2.24) is 0 Å². The first-order chi connectivity index (χ1) is 14.2. The van der Waals surface area contributed by atoms with Crippen molar-refractivity contribution in [3.63, 3.8) is 0 Å². The van der Waals surface area contributed by atoms with Gasteiger partial charge in [-0.2, -0.15) is 0 Å². The van der Waals surface area contributed by atoms with Gasteiger partial charge in [0.2, 0.25) is 0 Å². The molecule has 1 atom stereocenters. The van der Waals surface area contributed by atoms with Crippen LogP contribution in [-0.2, 0) is 17.6 Å². The van der Waals surface area contributed by atoms with Crippen LogP contribution in [0.25, 0.3) is 0 Å². The predicted molar refractivity (Wildman–Crippen MR) is 116 cm³/mol. The average Bonchev–Trinajstić information content (AvgIpc) is 3.17. The van der Waals surface area contributed by atoms with E-state index in [1.54, 1.807) is 19.1 Å². The number of ether oxygens (including phenoxy) is 1. The standard InChI is InChI=1S/C24H23NO3S/c1-2-28-24(27)21-20(19-13-12-16-8-6-7-11-18(16)14-19)15-29-23(21)25-22(26)17-9-4-3-5-10-17/h3-11,15,19H,2,12-14H2,1H3,(H,25,26). The van der Waals surface area contributed by atoms with E-state index in [2.05, 4.69) is 29.6 Å². The zero-order valence-electron chi connectivity index (χ0n) is 16.3. The number of esters is 1. The van der Waals surface area contributed by atoms with Crippen molar-refractivity contribution in [2.24, 2.45) is 0 Å². The zero-order valence-corrected chi connectivity index (χ0v) is 17.1. The lowest BCUT2D eigenvalue weighted by Crippen LogP contribution is -2.18. The highest BCUT2D eigenvalue weighted by Gasteiger charge is 2.29. The van der Waals surface area contributed by atoms with Gasteiger partial charge in [-0.05, 0) is 66.3 Å². The summed E-state index contributed by atoms with van der Waals surface area (Å²) in [6.07, 6.45) is 2.86. The van der Waals surface area contributed by atoms with Crippen LogP contribution in [0.4, 0.5) is 5.00 Å². The molecule has 148 valence electrons. The summed E-state index contributed by atoms with van der Waals surface area (Å²) >= 11 is 1.40. The van der Waals surface area contributed by atoms with E-state index in [0.717, 1.165) is 24.8 Å². The van der Waals surface area contributed by atoms with Crippen LogP contribution in [0.5, 0.6) is 0 Å². The van der Waals surface area contributed by atoms with Crippen LogP contribution >= 0.6 is 11.3 Å². The molecule has 1 aliphatic carbocycles. The van der Waals surface area contributed by atoms with Gasteiger partial charge in [0.15, 0.2) is 0 Å². The highest BCUT2D eigenvalue weighted by atomic mass is 32.1. The predicted octanol–water partition coefficient (Wildman–Crippen LogP) is 5.45. The Hall–Kier alpha value is -2.92. The Bertz CT molecular complexity index is 1030. The van der Waals surface area contributed by atoms with Gasteiger partial charge in [0.1, 0.15) is 5.00 Å². The van der Waals surface area contributed by atoms with Gasteiger partial charge in [0, 0.05) is 5.56 Å². The molecule has 2 aromatic carbocycles. The highest BCUT2D eigenvalue weighted by molar-refractivity contribution is 7.15. The topological polar surface area (TPSA) is 55.4 Å². The second-order valence-corrected chi connectivity index (χ2v) is 8.02. The van der Waals surface area contributed by atoms with Crippen LogP contribution in [0.2, 0.25) is 0 Å². The monoisotopic (exact) mass is 405 g/mol. The van der Waals surface area contributed by atoms with E-state index in [1.807, 2.05) is 23.6 Å². The van der Waals surface area contributed by atoms with Crippen LogP contribution in [0.15, 0.2) is 60.0 Å². The summed E-state index contributed by atoms with van der Waals surface area (Å²) < 4.78 is 5.33. The molecule has 0 saturated heterocycles. The maximum absolute atomic E-state index is 12.8. The van der Waals surface area contributed by atoms with Crippen LogP contribution in [0.1, 0.15) is 56.7 Å². The molecule has 29 heavy (non-hydrogen) atoms. The van der Waals surface area contributed by atoms with Crippen molar-refractivity contribution in [3.8, 4) is 0 Å². The first kappa shape index (κ1) is 19.4. The van der Waals surface area contributed by atoms with Gasteiger partial charge in [0.25, 0.3) is 5.91 Å². The lowest BCUT2D eigenvalue weighted by Gasteiger charge is -2.25. The maximum Gasteiger partial charge on any atom is 0.341 e. The van der Waals surface area contributed by atoms with Crippen molar-refractivity contribution in [3.05, 3.63) is 87.8 Å². The van der Waals surface area contributed by atoms with E-state index >= 15 is 0 Å². The molecule has 0 aliphatic heterocycles. The molecule has 0 spiro atoms. The molecule has 1 heterocycles. The summed E-state index contributed by atoms with van der Waals surface area (Å²) in [6, 6.07) is 17.5. The molecule has 0 bridgehead atoms. The molecule has 0 radical (unpaired) electrons. The SMILES string of the molecule is CCOC(=O)c1c(C2CCc3ccccc3C2)csc1NC(=O)c1ccccc1. The van der Waals surface area contributed by atoms with Gasteiger partial charge in [-0.15, -0.1) is 11.3 Å². The minimum Gasteiger partial charge on any atom is -0.462 e. The Balaban J connectivity index is 1.65. The number of anilines is 1. The Morgan fingerprint density at radius 3 is 2.55 bits per heavy atom. The van der Waals surface area contributed by atoms with Crippen molar-refractivity contribution in [2.75, 3.05) is 11.9 Å². The molecule has 1 aliphatic rings. The molecular weight excluding hydrogens is 382 g/mol. The highest BCUT2D eigenvalue weighted by Crippen LogP contribution is 2.40. The molecule has 1 amide bonds. The molecule has 1 N–H and O–H groups in total. The third-order valence-corrected chi connectivity index (χ3v) is 6.26. The molecule has 5 heteroatoms. The van der Waals surface area contributed by atoms with E-state index in [9.17, 15) is 9.59 Å². The summed E-state index contributed by atoms with van der Waals surface area (Å²) in [4.78, 5) is 25.4.